The van der Waals surface area contributed by atoms with E-state index < -0.39 is 0 Å². The summed E-state index contributed by atoms with van der Waals surface area (Å²) in [7, 11) is 0. The number of phenolic OH excluding ortho intramolecular Hbond substituents is 1. The van der Waals surface area contributed by atoms with E-state index in [1.54, 1.807) is 18.3 Å². The predicted octanol–water partition coefficient (Wildman–Crippen LogP) is 3.94. The van der Waals surface area contributed by atoms with Crippen LogP contribution in [0.15, 0.2) is 65.0 Å². The van der Waals surface area contributed by atoms with Crippen molar-refractivity contribution in [1.29, 1.82) is 0 Å². The van der Waals surface area contributed by atoms with Gasteiger partial charge in [-0.25, -0.2) is 4.98 Å². The summed E-state index contributed by atoms with van der Waals surface area (Å²) in [5, 5.41) is 19.7. The van der Waals surface area contributed by atoms with Gasteiger partial charge in [-0.05, 0) is 12.1 Å². The third kappa shape index (κ3) is 2.16. The monoisotopic (exact) mass is 264 g/mol. The number of hydrogen-bond acceptors (Lipinski definition) is 5. The minimum Gasteiger partial charge on any atom is -0.506 e. The Bertz CT molecular complexity index is 784. The van der Waals surface area contributed by atoms with E-state index in [4.69, 9.17) is 5.73 Å². The van der Waals surface area contributed by atoms with Crippen molar-refractivity contribution in [3.63, 3.8) is 0 Å². The van der Waals surface area contributed by atoms with Crippen molar-refractivity contribution in [2.24, 2.45) is 10.2 Å². The first-order valence-electron chi connectivity index (χ1n) is 6.08. The van der Waals surface area contributed by atoms with Crippen LogP contribution in [0, 0.1) is 0 Å². The number of rotatable bonds is 2. The minimum atomic E-state index is 0.000816. The number of benzene rings is 2. The summed E-state index contributed by atoms with van der Waals surface area (Å²) in [5.41, 5.74) is 6.79. The molecule has 5 heteroatoms. The van der Waals surface area contributed by atoms with Crippen molar-refractivity contribution in [2.75, 3.05) is 5.73 Å². The second kappa shape index (κ2) is 4.97. The largest absolute Gasteiger partial charge is 0.506 e. The van der Waals surface area contributed by atoms with Gasteiger partial charge in [-0.2, -0.15) is 0 Å². The van der Waals surface area contributed by atoms with Crippen molar-refractivity contribution < 1.29 is 5.11 Å². The van der Waals surface area contributed by atoms with E-state index >= 15 is 0 Å². The van der Waals surface area contributed by atoms with Gasteiger partial charge in [0, 0.05) is 28.7 Å². The second-order valence-electron chi connectivity index (χ2n) is 4.27. The first-order valence-corrected chi connectivity index (χ1v) is 6.08. The molecular formula is C15H12N4O. The molecule has 3 aromatic rings. The molecule has 1 heterocycles. The maximum absolute atomic E-state index is 10.0. The molecule has 0 fully saturated rings. The van der Waals surface area contributed by atoms with E-state index in [-0.39, 0.29) is 5.75 Å². The molecule has 0 saturated carbocycles. The van der Waals surface area contributed by atoms with Gasteiger partial charge in [0.25, 0.3) is 0 Å². The Balaban J connectivity index is 2.14. The topological polar surface area (TPSA) is 83.9 Å². The van der Waals surface area contributed by atoms with Crippen molar-refractivity contribution in [2.45, 2.75) is 0 Å². The number of anilines is 1. The van der Waals surface area contributed by atoms with Crippen molar-refractivity contribution in [1.82, 2.24) is 4.98 Å². The van der Waals surface area contributed by atoms with Gasteiger partial charge in [0.2, 0.25) is 0 Å². The molecule has 0 spiro atoms. The maximum Gasteiger partial charge on any atom is 0.174 e. The number of nitrogens with two attached hydrogens (primary N) is 1. The number of nitrogens with zero attached hydrogens (tertiary/aromatic N) is 3. The quantitative estimate of drug-likeness (QED) is 0.543. The number of aromatic nitrogens is 1. The molecule has 0 unspecified atom stereocenters. The molecule has 1 aromatic heterocycles. The van der Waals surface area contributed by atoms with Gasteiger partial charge in [-0.15, -0.1) is 10.2 Å². The predicted molar refractivity (Wildman–Crippen MR) is 78.4 cm³/mol. The van der Waals surface area contributed by atoms with Crippen LogP contribution in [-0.4, -0.2) is 10.1 Å². The van der Waals surface area contributed by atoms with Gasteiger partial charge >= 0.3 is 0 Å². The SMILES string of the molecule is Nc1cc(O)c(N=Nc2ccccn2)c2ccccc12. The van der Waals surface area contributed by atoms with Crippen LogP contribution < -0.4 is 5.73 Å². The number of fused-ring (bicyclic) bond motifs is 1. The summed E-state index contributed by atoms with van der Waals surface area (Å²) in [4.78, 5) is 4.05. The van der Waals surface area contributed by atoms with E-state index in [1.165, 1.54) is 6.07 Å². The zero-order chi connectivity index (χ0) is 13.9. The minimum absolute atomic E-state index is 0.000816. The van der Waals surface area contributed by atoms with E-state index in [1.807, 2.05) is 30.3 Å². The Morgan fingerprint density at radius 1 is 0.950 bits per heavy atom. The van der Waals surface area contributed by atoms with Crippen LogP contribution in [0.2, 0.25) is 0 Å². The average Bonchev–Trinajstić information content (AvgIpc) is 2.48. The molecule has 0 atom stereocenters. The average molecular weight is 264 g/mol. The first kappa shape index (κ1) is 12.1. The molecule has 5 nitrogen and oxygen atoms in total. The Labute approximate surface area is 115 Å². The molecular weight excluding hydrogens is 252 g/mol. The van der Waals surface area contributed by atoms with E-state index in [2.05, 4.69) is 15.2 Å². The number of aromatic hydroxyl groups is 1. The number of azo groups is 1. The number of pyridine rings is 1. The lowest BCUT2D eigenvalue weighted by atomic mass is 10.1. The smallest absolute Gasteiger partial charge is 0.174 e. The summed E-state index contributed by atoms with van der Waals surface area (Å²) < 4.78 is 0. The molecule has 0 saturated heterocycles. The van der Waals surface area contributed by atoms with Crippen molar-refractivity contribution in [3.05, 3.63) is 54.7 Å². The van der Waals surface area contributed by atoms with Gasteiger partial charge in [0.05, 0.1) is 0 Å². The molecule has 0 aliphatic heterocycles. The fourth-order valence-electron chi connectivity index (χ4n) is 1.99. The molecule has 0 radical (unpaired) electrons. The lowest BCUT2D eigenvalue weighted by Gasteiger charge is -2.06. The fourth-order valence-corrected chi connectivity index (χ4v) is 1.99. The molecule has 0 amide bonds. The Morgan fingerprint density at radius 3 is 2.45 bits per heavy atom. The Hall–Kier alpha value is -2.95. The highest BCUT2D eigenvalue weighted by Crippen LogP contribution is 2.39. The summed E-state index contributed by atoms with van der Waals surface area (Å²) in [6, 6.07) is 14.3. The summed E-state index contributed by atoms with van der Waals surface area (Å²) >= 11 is 0. The van der Waals surface area contributed by atoms with Crippen LogP contribution in [0.25, 0.3) is 10.8 Å². The standard InChI is InChI=1S/C15H12N4O/c16-12-9-13(20)15(11-6-2-1-5-10(11)12)19-18-14-7-3-4-8-17-14/h1-9,20H,16H2. The van der Waals surface area contributed by atoms with Gasteiger partial charge in [0.15, 0.2) is 5.82 Å². The number of hydrogen-bond donors (Lipinski definition) is 2. The molecule has 0 aliphatic rings. The molecule has 3 rings (SSSR count). The molecule has 20 heavy (non-hydrogen) atoms. The van der Waals surface area contributed by atoms with Gasteiger partial charge in [-0.1, -0.05) is 30.3 Å². The summed E-state index contributed by atoms with van der Waals surface area (Å²) in [5.74, 6) is 0.480. The van der Waals surface area contributed by atoms with Gasteiger partial charge < -0.3 is 10.8 Å². The summed E-state index contributed by atoms with van der Waals surface area (Å²) in [6.45, 7) is 0. The third-order valence-corrected chi connectivity index (χ3v) is 2.93. The molecule has 3 N–H and O–H groups in total. The van der Waals surface area contributed by atoms with Crippen molar-refractivity contribution >= 4 is 28.0 Å². The highest BCUT2D eigenvalue weighted by molar-refractivity contribution is 6.02. The first-order chi connectivity index (χ1) is 9.75. The lowest BCUT2D eigenvalue weighted by molar-refractivity contribution is 0.477. The molecule has 0 aliphatic carbocycles. The number of nitrogen functional groups attached to an aromatic ring is 1. The molecule has 98 valence electrons. The normalized spacial score (nSPS) is 11.2. The van der Waals surface area contributed by atoms with Gasteiger partial charge in [0.1, 0.15) is 11.4 Å². The van der Waals surface area contributed by atoms with Gasteiger partial charge in [-0.3, -0.25) is 0 Å². The third-order valence-electron chi connectivity index (χ3n) is 2.93. The molecule has 2 aromatic carbocycles. The van der Waals surface area contributed by atoms with Crippen LogP contribution >= 0.6 is 0 Å². The Kier molecular flexibility index (Phi) is 3.01. The van der Waals surface area contributed by atoms with E-state index in [0.717, 1.165) is 10.8 Å². The van der Waals surface area contributed by atoms with E-state index in [9.17, 15) is 5.11 Å². The number of phenols is 1. The fraction of sp³-hybridized carbons (Fsp3) is 0. The van der Waals surface area contributed by atoms with Crippen molar-refractivity contribution in [3.8, 4) is 5.75 Å². The highest BCUT2D eigenvalue weighted by atomic mass is 16.3. The highest BCUT2D eigenvalue weighted by Gasteiger charge is 2.09. The summed E-state index contributed by atoms with van der Waals surface area (Å²) in [6.07, 6.45) is 1.63. The van der Waals surface area contributed by atoms with Crippen LogP contribution in [0.5, 0.6) is 5.75 Å². The molecule has 0 bridgehead atoms. The van der Waals surface area contributed by atoms with Crippen LogP contribution in [0.4, 0.5) is 17.2 Å². The lowest BCUT2D eigenvalue weighted by Crippen LogP contribution is -1.87. The zero-order valence-electron chi connectivity index (χ0n) is 10.6. The van der Waals surface area contributed by atoms with Crippen LogP contribution in [0.3, 0.4) is 0 Å². The maximum atomic E-state index is 10.0. The van der Waals surface area contributed by atoms with Crippen LogP contribution in [0.1, 0.15) is 0 Å². The van der Waals surface area contributed by atoms with E-state index in [0.29, 0.717) is 17.2 Å². The second-order valence-corrected chi connectivity index (χ2v) is 4.27. The Morgan fingerprint density at radius 2 is 1.70 bits per heavy atom. The zero-order valence-corrected chi connectivity index (χ0v) is 10.6. The van der Waals surface area contributed by atoms with Crippen LogP contribution in [-0.2, 0) is 0 Å².